The van der Waals surface area contributed by atoms with E-state index in [0.717, 1.165) is 62.5 Å². The molecule has 3 aliphatic rings. The van der Waals surface area contributed by atoms with E-state index < -0.39 is 10.0 Å². The van der Waals surface area contributed by atoms with Crippen molar-refractivity contribution in [2.24, 2.45) is 5.92 Å². The normalized spacial score (nSPS) is 19.2. The number of rotatable bonds is 7. The minimum absolute atomic E-state index is 0.159. The van der Waals surface area contributed by atoms with Crippen LogP contribution in [0.1, 0.15) is 29.5 Å². The number of anilines is 1. The Labute approximate surface area is 189 Å². The summed E-state index contributed by atoms with van der Waals surface area (Å²) in [4.78, 5) is 16.9. The van der Waals surface area contributed by atoms with E-state index in [-0.39, 0.29) is 23.3 Å². The molecule has 1 amide bonds. The topological polar surface area (TPSA) is 79.0 Å². The van der Waals surface area contributed by atoms with Crippen molar-refractivity contribution in [1.29, 1.82) is 0 Å². The number of amides is 1. The van der Waals surface area contributed by atoms with E-state index >= 15 is 0 Å². The lowest BCUT2D eigenvalue weighted by atomic mass is 10.1. The summed E-state index contributed by atoms with van der Waals surface area (Å²) < 4.78 is 33.8. The van der Waals surface area contributed by atoms with Gasteiger partial charge in [-0.2, -0.15) is 0 Å². The van der Waals surface area contributed by atoms with Gasteiger partial charge in [-0.05, 0) is 54.2 Å². The number of sulfonamides is 1. The minimum atomic E-state index is -3.63. The predicted molar refractivity (Wildman–Crippen MR) is 122 cm³/mol. The fourth-order valence-corrected chi connectivity index (χ4v) is 5.43. The molecule has 1 aliphatic carbocycles. The monoisotopic (exact) mass is 455 g/mol. The number of hydrogen-bond acceptors (Lipinski definition) is 5. The molecule has 2 heterocycles. The van der Waals surface area contributed by atoms with Crippen LogP contribution in [-0.4, -0.2) is 52.1 Å². The third-order valence-electron chi connectivity index (χ3n) is 6.45. The van der Waals surface area contributed by atoms with Gasteiger partial charge in [-0.1, -0.05) is 24.3 Å². The largest absolute Gasteiger partial charge is 0.379 e. The van der Waals surface area contributed by atoms with E-state index in [9.17, 15) is 13.2 Å². The molecule has 1 saturated carbocycles. The fraction of sp³-hybridized carbons (Fsp3) is 0.458. The highest BCUT2D eigenvalue weighted by molar-refractivity contribution is 7.89. The van der Waals surface area contributed by atoms with E-state index in [2.05, 4.69) is 21.8 Å². The first-order valence-corrected chi connectivity index (χ1v) is 12.8. The summed E-state index contributed by atoms with van der Waals surface area (Å²) in [5, 5.41) is 0. The van der Waals surface area contributed by atoms with Gasteiger partial charge in [-0.25, -0.2) is 13.1 Å². The molecule has 2 aromatic rings. The first kappa shape index (κ1) is 21.6. The van der Waals surface area contributed by atoms with Gasteiger partial charge in [0, 0.05) is 44.3 Å². The number of benzene rings is 2. The highest BCUT2D eigenvalue weighted by Gasteiger charge is 2.36. The van der Waals surface area contributed by atoms with Crippen LogP contribution in [0.3, 0.4) is 0 Å². The quantitative estimate of drug-likeness (QED) is 0.693. The van der Waals surface area contributed by atoms with Crippen LogP contribution >= 0.6 is 0 Å². The Balaban J connectivity index is 1.20. The molecule has 0 unspecified atom stereocenters. The molecule has 7 nitrogen and oxygen atoms in total. The second-order valence-corrected chi connectivity index (χ2v) is 10.6. The lowest BCUT2D eigenvalue weighted by molar-refractivity contribution is -0.119. The molecule has 8 heteroatoms. The van der Waals surface area contributed by atoms with E-state index in [1.54, 1.807) is 18.2 Å². The minimum Gasteiger partial charge on any atom is -0.379 e. The molecule has 0 spiro atoms. The number of hydrogen-bond donors (Lipinski definition) is 1. The Hall–Kier alpha value is -2.26. The van der Waals surface area contributed by atoms with Crippen molar-refractivity contribution in [2.75, 3.05) is 37.7 Å². The Bertz CT molecular complexity index is 1090. The molecule has 32 heavy (non-hydrogen) atoms. The Morgan fingerprint density at radius 2 is 1.72 bits per heavy atom. The summed E-state index contributed by atoms with van der Waals surface area (Å²) in [6.45, 7) is 5.19. The maximum absolute atomic E-state index is 12.9. The molecule has 0 atom stereocenters. The van der Waals surface area contributed by atoms with Gasteiger partial charge in [-0.15, -0.1) is 0 Å². The van der Waals surface area contributed by atoms with Crippen LogP contribution in [0.5, 0.6) is 0 Å². The Morgan fingerprint density at radius 1 is 1.00 bits per heavy atom. The average Bonchev–Trinajstić information content (AvgIpc) is 3.58. The molecule has 2 fully saturated rings. The van der Waals surface area contributed by atoms with Gasteiger partial charge in [0.05, 0.1) is 18.1 Å². The molecule has 5 rings (SSSR count). The van der Waals surface area contributed by atoms with Crippen molar-refractivity contribution in [3.05, 3.63) is 59.2 Å². The first-order valence-electron chi connectivity index (χ1n) is 11.3. The highest BCUT2D eigenvalue weighted by Crippen LogP contribution is 2.37. The maximum Gasteiger partial charge on any atom is 0.240 e. The van der Waals surface area contributed by atoms with Crippen LogP contribution in [0, 0.1) is 5.92 Å². The van der Waals surface area contributed by atoms with E-state index in [0.29, 0.717) is 13.0 Å². The van der Waals surface area contributed by atoms with Crippen LogP contribution < -0.4 is 9.62 Å². The molecule has 0 radical (unpaired) electrons. The van der Waals surface area contributed by atoms with Crippen LogP contribution in [0.4, 0.5) is 5.69 Å². The van der Waals surface area contributed by atoms with Crippen LogP contribution in [0.25, 0.3) is 0 Å². The van der Waals surface area contributed by atoms with Crippen LogP contribution in [0.15, 0.2) is 47.4 Å². The zero-order valence-electron chi connectivity index (χ0n) is 18.1. The second kappa shape index (κ2) is 8.94. The molecule has 170 valence electrons. The van der Waals surface area contributed by atoms with E-state index in [1.165, 1.54) is 5.56 Å². The number of fused-ring (bicyclic) bond motifs is 1. The van der Waals surface area contributed by atoms with Gasteiger partial charge in [0.15, 0.2) is 0 Å². The van der Waals surface area contributed by atoms with Crippen LogP contribution in [-0.2, 0) is 39.1 Å². The third kappa shape index (κ3) is 4.73. The van der Waals surface area contributed by atoms with Crippen molar-refractivity contribution < 1.29 is 17.9 Å². The highest BCUT2D eigenvalue weighted by atomic mass is 32.2. The Morgan fingerprint density at radius 3 is 2.44 bits per heavy atom. The summed E-state index contributed by atoms with van der Waals surface area (Å²) in [6.07, 6.45) is 2.63. The van der Waals surface area contributed by atoms with Crippen LogP contribution in [0.2, 0.25) is 0 Å². The molecule has 1 saturated heterocycles. The molecule has 0 bridgehead atoms. The molecule has 1 N–H and O–H groups in total. The zero-order valence-corrected chi connectivity index (χ0v) is 18.9. The summed E-state index contributed by atoms with van der Waals surface area (Å²) in [5.41, 5.74) is 3.91. The van der Waals surface area contributed by atoms with E-state index in [4.69, 9.17) is 4.74 Å². The molecule has 2 aromatic carbocycles. The summed E-state index contributed by atoms with van der Waals surface area (Å²) in [7, 11) is -3.63. The maximum atomic E-state index is 12.9. The van der Waals surface area contributed by atoms with E-state index in [1.807, 2.05) is 17.0 Å². The number of ether oxygens (including phenoxy) is 1. The molecule has 2 aliphatic heterocycles. The number of nitrogens with one attached hydrogen (secondary N) is 1. The Kier molecular flexibility index (Phi) is 6.03. The number of carbonyl (C=O) groups is 1. The van der Waals surface area contributed by atoms with Gasteiger partial charge in [0.2, 0.25) is 15.9 Å². The smallest absolute Gasteiger partial charge is 0.240 e. The number of nitrogens with zero attached hydrogens (tertiary/aromatic N) is 2. The lowest BCUT2D eigenvalue weighted by Crippen LogP contribution is -2.35. The van der Waals surface area contributed by atoms with Crippen molar-refractivity contribution >= 4 is 21.6 Å². The summed E-state index contributed by atoms with van der Waals surface area (Å²) in [5.74, 6) is 0.334. The van der Waals surface area contributed by atoms with Crippen molar-refractivity contribution in [3.63, 3.8) is 0 Å². The third-order valence-corrected chi connectivity index (χ3v) is 7.85. The van der Waals surface area contributed by atoms with Gasteiger partial charge >= 0.3 is 0 Å². The predicted octanol–water partition coefficient (Wildman–Crippen LogP) is 2.30. The van der Waals surface area contributed by atoms with Gasteiger partial charge < -0.3 is 9.64 Å². The summed E-state index contributed by atoms with van der Waals surface area (Å²) in [6, 6.07) is 13.1. The lowest BCUT2D eigenvalue weighted by Gasteiger charge is -2.26. The molecular formula is C24H29N3O4S. The molecular weight excluding hydrogens is 426 g/mol. The SMILES string of the molecule is O=C(C1CC1)N1CCc2cc(S(=O)(=O)NCc3ccc(CN4CCOCC4)cc3)ccc21. The average molecular weight is 456 g/mol. The number of morpholine rings is 1. The fourth-order valence-electron chi connectivity index (χ4n) is 4.37. The number of carbonyl (C=O) groups excluding carboxylic acids is 1. The first-order chi connectivity index (χ1) is 15.5. The van der Waals surface area contributed by atoms with Gasteiger partial charge in [0.25, 0.3) is 0 Å². The molecule has 0 aromatic heterocycles. The van der Waals surface area contributed by atoms with Gasteiger partial charge in [-0.3, -0.25) is 9.69 Å². The standard InChI is InChI=1S/C24H29N3O4S/c28-24(20-5-6-20)27-10-9-21-15-22(7-8-23(21)27)32(29,30)25-16-18-1-3-19(4-2-18)17-26-11-13-31-14-12-26/h1-4,7-8,15,20,25H,5-6,9-14,16-17H2. The van der Waals surface area contributed by atoms with Crippen molar-refractivity contribution in [1.82, 2.24) is 9.62 Å². The van der Waals surface area contributed by atoms with Crippen molar-refractivity contribution in [3.8, 4) is 0 Å². The van der Waals surface area contributed by atoms with Crippen molar-refractivity contribution in [2.45, 2.75) is 37.2 Å². The zero-order chi connectivity index (χ0) is 22.1. The summed E-state index contributed by atoms with van der Waals surface area (Å²) >= 11 is 0. The van der Waals surface area contributed by atoms with Gasteiger partial charge in [0.1, 0.15) is 0 Å². The second-order valence-electron chi connectivity index (χ2n) is 8.83.